The van der Waals surface area contributed by atoms with Crippen LogP contribution in [0.15, 0.2) is 0 Å². The number of ether oxygens (including phenoxy) is 1. The van der Waals surface area contributed by atoms with Crippen molar-refractivity contribution in [1.82, 2.24) is 5.01 Å². The Balaban J connectivity index is 2.45. The summed E-state index contributed by atoms with van der Waals surface area (Å²) < 4.78 is 4.66. The predicted octanol–water partition coefficient (Wildman–Crippen LogP) is -0.889. The predicted molar refractivity (Wildman–Crippen MR) is 24.6 cm³/mol. The van der Waals surface area contributed by atoms with E-state index in [4.69, 9.17) is 5.84 Å². The Morgan fingerprint density at radius 1 is 1.71 bits per heavy atom. The maximum atomic E-state index is 5.21. The zero-order valence-electron chi connectivity index (χ0n) is 3.85. The lowest BCUT2D eigenvalue weighted by atomic mass is 10.6. The molecule has 1 heterocycles. The minimum Gasteiger partial charge on any atom is -0.443 e. The molecule has 0 fully saturated rings. The van der Waals surface area contributed by atoms with Gasteiger partial charge in [0.15, 0.2) is 0 Å². The van der Waals surface area contributed by atoms with Crippen LogP contribution in [0.1, 0.15) is 0 Å². The van der Waals surface area contributed by atoms with Gasteiger partial charge in [-0.2, -0.15) is 0 Å². The highest BCUT2D eigenvalue weighted by molar-refractivity contribution is 4.91. The summed E-state index contributed by atoms with van der Waals surface area (Å²) in [5.41, 5.74) is 0. The molecule has 0 aromatic heterocycles. The van der Waals surface area contributed by atoms with E-state index >= 15 is 0 Å². The van der Waals surface area contributed by atoms with Gasteiger partial charge in [0.1, 0.15) is 12.7 Å². The lowest BCUT2D eigenvalue weighted by Crippen LogP contribution is -2.31. The molecule has 0 radical (unpaired) electrons. The number of hydrazine groups is 1. The normalized spacial score (nSPS) is 17.0. The monoisotopic (exact) mass is 98.0 g/mol. The van der Waals surface area contributed by atoms with Gasteiger partial charge in [-0.25, -0.2) is 5.84 Å². The third kappa shape index (κ3) is 0.983. The quantitative estimate of drug-likeness (QED) is 0.315. The van der Waals surface area contributed by atoms with Gasteiger partial charge in [0.05, 0.1) is 12.6 Å². The highest BCUT2D eigenvalue weighted by Crippen LogP contribution is 1.80. The summed E-state index contributed by atoms with van der Waals surface area (Å²) in [7, 11) is 0. The fraction of sp³-hybridized carbons (Fsp3) is 0.500. The largest absolute Gasteiger partial charge is 0.443 e. The molecule has 3 nitrogen and oxygen atoms in total. The Morgan fingerprint density at radius 2 is 2.57 bits per heavy atom. The van der Waals surface area contributed by atoms with Crippen molar-refractivity contribution in [2.75, 3.05) is 13.2 Å². The van der Waals surface area contributed by atoms with Gasteiger partial charge in [-0.15, -0.1) is 0 Å². The summed E-state index contributed by atoms with van der Waals surface area (Å²) >= 11 is 0. The van der Waals surface area contributed by atoms with Gasteiger partial charge in [-0.05, 0) is 0 Å². The van der Waals surface area contributed by atoms with Crippen LogP contribution in [0, 0.1) is 12.2 Å². The van der Waals surface area contributed by atoms with Crippen molar-refractivity contribution in [3.63, 3.8) is 0 Å². The van der Waals surface area contributed by atoms with Crippen molar-refractivity contribution in [2.45, 2.75) is 0 Å². The Kier molecular flexibility index (Phi) is 1.05. The molecule has 38 valence electrons. The van der Waals surface area contributed by atoms with E-state index in [1.165, 1.54) is 5.01 Å². The van der Waals surface area contributed by atoms with Gasteiger partial charge in [-0.1, -0.05) is 0 Å². The van der Waals surface area contributed by atoms with E-state index in [0.29, 0.717) is 13.2 Å². The van der Waals surface area contributed by atoms with Crippen LogP contribution < -0.4 is 5.84 Å². The van der Waals surface area contributed by atoms with E-state index in [1.807, 2.05) is 0 Å². The van der Waals surface area contributed by atoms with Crippen molar-refractivity contribution < 1.29 is 4.74 Å². The van der Waals surface area contributed by atoms with Crippen molar-refractivity contribution >= 4 is 0 Å². The molecule has 0 saturated heterocycles. The number of nitrogens with zero attached hydrogens (tertiary/aromatic N) is 1. The van der Waals surface area contributed by atoms with Gasteiger partial charge in [0, 0.05) is 0 Å². The first-order valence-electron chi connectivity index (χ1n) is 2.04. The van der Waals surface area contributed by atoms with Crippen molar-refractivity contribution in [1.29, 1.82) is 0 Å². The first-order chi connectivity index (χ1) is 3.39. The molecule has 1 rings (SSSR count). The fourth-order valence-electron chi connectivity index (χ4n) is 0.342. The molecule has 0 spiro atoms. The topological polar surface area (TPSA) is 38.5 Å². The van der Waals surface area contributed by atoms with Gasteiger partial charge >= 0.3 is 0 Å². The van der Waals surface area contributed by atoms with Gasteiger partial charge < -0.3 is 4.74 Å². The second-order valence-electron chi connectivity index (χ2n) is 1.26. The second-order valence-corrected chi connectivity index (χ2v) is 1.26. The second kappa shape index (κ2) is 1.71. The zero-order chi connectivity index (χ0) is 5.11. The molecule has 0 saturated carbocycles. The van der Waals surface area contributed by atoms with Crippen LogP contribution in [0.4, 0.5) is 0 Å². The van der Waals surface area contributed by atoms with Crippen LogP contribution in [0.3, 0.4) is 0 Å². The zero-order valence-corrected chi connectivity index (χ0v) is 3.85. The number of hydrogen-bond donors (Lipinski definition) is 1. The van der Waals surface area contributed by atoms with Crippen LogP contribution in [-0.4, -0.2) is 18.2 Å². The van der Waals surface area contributed by atoms with Crippen LogP contribution in [0.5, 0.6) is 0 Å². The van der Waals surface area contributed by atoms with Crippen LogP contribution >= 0.6 is 0 Å². The Bertz CT molecular complexity index is 113. The van der Waals surface area contributed by atoms with Gasteiger partial charge in [0.25, 0.3) is 0 Å². The molecule has 0 aromatic carbocycles. The number of hydrogen-bond acceptors (Lipinski definition) is 3. The van der Waals surface area contributed by atoms with E-state index < -0.39 is 0 Å². The highest BCUT2D eigenvalue weighted by Gasteiger charge is 1.94. The Morgan fingerprint density at radius 3 is 2.86 bits per heavy atom. The molecule has 0 bridgehead atoms. The fourth-order valence-corrected chi connectivity index (χ4v) is 0.342. The van der Waals surface area contributed by atoms with E-state index in [-0.39, 0.29) is 0 Å². The first kappa shape index (κ1) is 4.28. The van der Waals surface area contributed by atoms with E-state index in [2.05, 4.69) is 16.9 Å². The summed E-state index contributed by atoms with van der Waals surface area (Å²) in [6.45, 7) is 1.32. The van der Waals surface area contributed by atoms with E-state index in [9.17, 15) is 0 Å². The Hall–Kier alpha value is -0.880. The van der Waals surface area contributed by atoms with Crippen molar-refractivity contribution in [3.05, 3.63) is 0 Å². The molecule has 0 aromatic rings. The smallest absolute Gasteiger partial charge is 0.135 e. The van der Waals surface area contributed by atoms with Crippen LogP contribution in [0.2, 0.25) is 0 Å². The van der Waals surface area contributed by atoms with Gasteiger partial charge in [-0.3, -0.25) is 5.01 Å². The maximum Gasteiger partial charge on any atom is 0.135 e. The lowest BCUT2D eigenvalue weighted by Gasteiger charge is -2.11. The standard InChI is InChI=1S/C4H6N2O/c5-6-1-3-7-4-2-6/h1,3,5H2. The molecule has 1 aliphatic heterocycles. The molecule has 0 aliphatic carbocycles. The summed E-state index contributed by atoms with van der Waals surface area (Å²) in [4.78, 5) is 0. The molecule has 0 amide bonds. The summed E-state index contributed by atoms with van der Waals surface area (Å²) in [5, 5.41) is 1.41. The third-order valence-electron chi connectivity index (χ3n) is 0.696. The number of rotatable bonds is 0. The summed E-state index contributed by atoms with van der Waals surface area (Å²) in [5.74, 6) is 5.21. The average Bonchev–Trinajstić information content (AvgIpc) is 1.69. The maximum absolute atomic E-state index is 5.21. The minimum atomic E-state index is 0.615. The van der Waals surface area contributed by atoms with Gasteiger partial charge in [0.2, 0.25) is 0 Å². The first-order valence-corrected chi connectivity index (χ1v) is 2.04. The molecule has 7 heavy (non-hydrogen) atoms. The van der Waals surface area contributed by atoms with Crippen molar-refractivity contribution in [3.8, 4) is 12.2 Å². The van der Waals surface area contributed by atoms with Crippen LogP contribution in [0.25, 0.3) is 0 Å². The summed E-state index contributed by atoms with van der Waals surface area (Å²) in [6, 6.07) is 2.52. The molecule has 3 heteroatoms. The Labute approximate surface area is 42.0 Å². The molecule has 0 unspecified atom stereocenters. The average molecular weight is 98.1 g/mol. The SMILES string of the molecule is NN1C#COCC1. The summed E-state index contributed by atoms with van der Waals surface area (Å²) in [6.07, 6.45) is 2.39. The van der Waals surface area contributed by atoms with Crippen molar-refractivity contribution in [2.24, 2.45) is 5.84 Å². The van der Waals surface area contributed by atoms with E-state index in [0.717, 1.165) is 0 Å². The van der Waals surface area contributed by atoms with E-state index in [1.54, 1.807) is 0 Å². The minimum absolute atomic E-state index is 0.615. The number of nitrogens with two attached hydrogens (primary N) is 1. The molecule has 1 aliphatic rings. The molecular weight excluding hydrogens is 92.1 g/mol. The third-order valence-corrected chi connectivity index (χ3v) is 0.696. The van der Waals surface area contributed by atoms with Crippen LogP contribution in [-0.2, 0) is 4.74 Å². The highest BCUT2D eigenvalue weighted by atomic mass is 16.5. The molecule has 0 atom stereocenters. The molecule has 2 N–H and O–H groups in total. The lowest BCUT2D eigenvalue weighted by molar-refractivity contribution is 0.212. The molecular formula is C4H6N2O.